The first-order valence-corrected chi connectivity index (χ1v) is 13.5. The molecule has 0 aromatic heterocycles. The second-order valence-corrected chi connectivity index (χ2v) is 12.6. The van der Waals surface area contributed by atoms with Gasteiger partial charge in [0.1, 0.15) is 18.7 Å². The molecule has 1 saturated heterocycles. The Hall–Kier alpha value is -0.410. The van der Waals surface area contributed by atoms with E-state index < -0.39 is 57.6 Å². The molecule has 0 aromatic carbocycles. The van der Waals surface area contributed by atoms with Crippen LogP contribution in [-0.4, -0.2) is 94.4 Å². The molecule has 0 amide bonds. The highest BCUT2D eigenvalue weighted by Crippen LogP contribution is 2.49. The van der Waals surface area contributed by atoms with E-state index in [0.717, 1.165) is 12.8 Å². The summed E-state index contributed by atoms with van der Waals surface area (Å²) < 4.78 is 32.4. The van der Waals surface area contributed by atoms with Crippen molar-refractivity contribution in [2.75, 3.05) is 13.1 Å². The van der Waals surface area contributed by atoms with Crippen molar-refractivity contribution in [3.63, 3.8) is 0 Å². The lowest BCUT2D eigenvalue weighted by Gasteiger charge is -2.36. The Labute approximate surface area is 196 Å². The van der Waals surface area contributed by atoms with Crippen LogP contribution in [0.1, 0.15) is 66.2 Å². The van der Waals surface area contributed by atoms with Crippen LogP contribution < -0.4 is 15.4 Å². The lowest BCUT2D eigenvalue weighted by molar-refractivity contribution is -0.186. The van der Waals surface area contributed by atoms with Crippen LogP contribution in [0.4, 0.5) is 0 Å². The summed E-state index contributed by atoms with van der Waals surface area (Å²) in [6.45, 7) is 7.98. The van der Waals surface area contributed by atoms with Crippen LogP contribution in [0.15, 0.2) is 0 Å². The van der Waals surface area contributed by atoms with Gasteiger partial charge in [-0.2, -0.15) is 4.72 Å². The van der Waals surface area contributed by atoms with Gasteiger partial charge in [0, 0.05) is 13.1 Å². The van der Waals surface area contributed by atoms with Gasteiger partial charge >= 0.3 is 0 Å². The Morgan fingerprint density at radius 3 is 2.36 bits per heavy atom. The molecule has 0 aromatic rings. The molecule has 2 saturated carbocycles. The van der Waals surface area contributed by atoms with Crippen LogP contribution in [0.2, 0.25) is 0 Å². The van der Waals surface area contributed by atoms with Crippen LogP contribution in [0.3, 0.4) is 0 Å². The predicted octanol–water partition coefficient (Wildman–Crippen LogP) is -1.07. The van der Waals surface area contributed by atoms with E-state index in [9.17, 15) is 28.8 Å². The molecule has 3 aliphatic rings. The van der Waals surface area contributed by atoms with Crippen LogP contribution in [0.25, 0.3) is 0 Å². The molecule has 1 aliphatic heterocycles. The van der Waals surface area contributed by atoms with Gasteiger partial charge in [-0.15, -0.1) is 0 Å². The summed E-state index contributed by atoms with van der Waals surface area (Å²) in [5.74, 6) is 0.0233. The van der Waals surface area contributed by atoms with Crippen molar-refractivity contribution in [3.8, 4) is 0 Å². The fourth-order valence-electron chi connectivity index (χ4n) is 4.78. The van der Waals surface area contributed by atoms with E-state index >= 15 is 0 Å². The molecular formula is C21H42N4O7S. The van der Waals surface area contributed by atoms with Crippen LogP contribution in [0.5, 0.6) is 0 Å². The molecule has 1 heterocycles. The fourth-order valence-corrected chi connectivity index (χ4v) is 6.25. The maximum absolute atomic E-state index is 12.3. The van der Waals surface area contributed by atoms with Gasteiger partial charge in [-0.05, 0) is 58.8 Å². The number of hydrogen-bond acceptors (Lipinski definition) is 10. The predicted molar refractivity (Wildman–Crippen MR) is 122 cm³/mol. The normalized spacial score (nSPS) is 32.5. The minimum absolute atomic E-state index is 0.0233. The van der Waals surface area contributed by atoms with Crippen molar-refractivity contribution < 1.29 is 33.6 Å². The van der Waals surface area contributed by atoms with Crippen LogP contribution in [0, 0.1) is 5.92 Å². The van der Waals surface area contributed by atoms with E-state index in [2.05, 4.69) is 15.4 Å². The van der Waals surface area contributed by atoms with Gasteiger partial charge in [-0.25, -0.2) is 8.42 Å². The highest BCUT2D eigenvalue weighted by atomic mass is 32.2. The number of ether oxygens (including phenoxy) is 1. The van der Waals surface area contributed by atoms with Crippen molar-refractivity contribution >= 4 is 10.0 Å². The third-order valence-corrected chi connectivity index (χ3v) is 8.72. The molecular weight excluding hydrogens is 452 g/mol. The number of nitrogens with one attached hydrogen (secondary N) is 3. The lowest BCUT2D eigenvalue weighted by Crippen LogP contribution is -2.61. The van der Waals surface area contributed by atoms with Crippen LogP contribution in [-0.2, 0) is 14.8 Å². The van der Waals surface area contributed by atoms with Gasteiger partial charge < -0.3 is 25.2 Å². The summed E-state index contributed by atoms with van der Waals surface area (Å²) in [6.07, 6.45) is -0.756. The Balaban J connectivity index is 1.58. The van der Waals surface area contributed by atoms with Gasteiger partial charge in [0.2, 0.25) is 16.4 Å². The molecule has 2 aliphatic carbocycles. The fraction of sp³-hybridized carbons (Fsp3) is 1.00. The monoisotopic (exact) mass is 494 g/mol. The molecule has 0 spiro atoms. The van der Waals surface area contributed by atoms with E-state index in [0.29, 0.717) is 32.2 Å². The third-order valence-electron chi connectivity index (χ3n) is 6.82. The third kappa shape index (κ3) is 6.84. The largest absolute Gasteiger partial charge is 0.377 e. The average Bonchev–Trinajstić information content (AvgIpc) is 3.61. The van der Waals surface area contributed by atoms with Crippen molar-refractivity contribution in [1.29, 1.82) is 0 Å². The molecule has 194 valence electrons. The van der Waals surface area contributed by atoms with Crippen LogP contribution >= 0.6 is 0 Å². The summed E-state index contributed by atoms with van der Waals surface area (Å²) in [6, 6.07) is -0.426. The molecule has 7 N–H and O–H groups in total. The van der Waals surface area contributed by atoms with E-state index in [-0.39, 0.29) is 12.5 Å². The number of aliphatic hydroxyl groups is 4. The zero-order chi connectivity index (χ0) is 24.6. The highest BCUT2D eigenvalue weighted by molar-refractivity contribution is 7.90. The van der Waals surface area contributed by atoms with E-state index in [1.165, 1.54) is 0 Å². The maximum Gasteiger partial charge on any atom is 0.216 e. The molecule has 3 fully saturated rings. The molecule has 3 rings (SSSR count). The quantitative estimate of drug-likeness (QED) is 0.157. The maximum atomic E-state index is 12.3. The minimum atomic E-state index is -3.58. The molecule has 7 unspecified atom stereocenters. The zero-order valence-corrected chi connectivity index (χ0v) is 20.9. The Kier molecular flexibility index (Phi) is 8.48. The van der Waals surface area contributed by atoms with Gasteiger partial charge in [0.25, 0.3) is 0 Å². The van der Waals surface area contributed by atoms with E-state index in [1.807, 2.05) is 27.7 Å². The van der Waals surface area contributed by atoms with Gasteiger partial charge in [-0.1, -0.05) is 13.3 Å². The number of nitrogens with zero attached hydrogens (tertiary/aromatic N) is 1. The van der Waals surface area contributed by atoms with Gasteiger partial charge in [-0.3, -0.25) is 15.5 Å². The van der Waals surface area contributed by atoms with Crippen molar-refractivity contribution in [1.82, 2.24) is 20.3 Å². The second-order valence-electron chi connectivity index (χ2n) is 10.6. The van der Waals surface area contributed by atoms with Crippen molar-refractivity contribution in [3.05, 3.63) is 0 Å². The SMILES string of the molecule is CCC1CC1(NC(O)C1CCCN1C(O)CNC(O)OC(C)(C)C)C(O)NS(=O)(=O)C1CC1. The zero-order valence-electron chi connectivity index (χ0n) is 20.1. The Morgan fingerprint density at radius 2 is 1.82 bits per heavy atom. The van der Waals surface area contributed by atoms with Crippen molar-refractivity contribution in [2.45, 2.75) is 114 Å². The molecule has 11 nitrogen and oxygen atoms in total. The number of likely N-dealkylation sites (tertiary alicyclic amines) is 1. The first kappa shape index (κ1) is 27.2. The number of aliphatic hydroxyl groups excluding tert-OH is 4. The van der Waals surface area contributed by atoms with Crippen molar-refractivity contribution in [2.24, 2.45) is 5.92 Å². The lowest BCUT2D eigenvalue weighted by atomic mass is 10.1. The first-order chi connectivity index (χ1) is 15.3. The highest BCUT2D eigenvalue weighted by Gasteiger charge is 2.60. The molecule has 12 heteroatoms. The molecule has 0 radical (unpaired) electrons. The summed E-state index contributed by atoms with van der Waals surface area (Å²) in [7, 11) is -3.58. The number of rotatable bonds is 13. The van der Waals surface area contributed by atoms with E-state index in [1.54, 1.807) is 4.90 Å². The standard InChI is InChI=1S/C21H42N4O7S/c1-5-13-11-21(13,18(28)24-33(30,31)14-8-9-14)23-17(27)15-7-6-10-25(15)16(26)12-22-19(29)32-20(2,3)4/h13-19,22-24,26-29H,5-12H2,1-4H3. The first-order valence-electron chi connectivity index (χ1n) is 12.0. The smallest absolute Gasteiger partial charge is 0.216 e. The summed E-state index contributed by atoms with van der Waals surface area (Å²) in [4.78, 5) is 1.74. The summed E-state index contributed by atoms with van der Waals surface area (Å²) in [5.41, 5.74) is -1.49. The number of sulfonamides is 1. The average molecular weight is 495 g/mol. The van der Waals surface area contributed by atoms with E-state index in [4.69, 9.17) is 4.74 Å². The van der Waals surface area contributed by atoms with Gasteiger partial charge in [0.15, 0.2) is 0 Å². The van der Waals surface area contributed by atoms with Gasteiger partial charge in [0.05, 0.1) is 22.4 Å². The Bertz CT molecular complexity index is 760. The summed E-state index contributed by atoms with van der Waals surface area (Å²) >= 11 is 0. The molecule has 7 atom stereocenters. The summed E-state index contributed by atoms with van der Waals surface area (Å²) in [5, 5.41) is 47.8. The molecule has 33 heavy (non-hydrogen) atoms. The second kappa shape index (κ2) is 10.3. The minimum Gasteiger partial charge on any atom is -0.377 e. The molecule has 0 bridgehead atoms. The number of hydrogen-bond donors (Lipinski definition) is 7. The Morgan fingerprint density at radius 1 is 1.15 bits per heavy atom. The topological polar surface area (TPSA) is 164 Å².